The minimum Gasteiger partial charge on any atom is -0.307 e. The highest BCUT2D eigenvalue weighted by atomic mass is 32.1. The fourth-order valence-corrected chi connectivity index (χ4v) is 3.88. The Bertz CT molecular complexity index is 571. The van der Waals surface area contributed by atoms with Crippen LogP contribution in [-0.2, 0) is 6.54 Å². The summed E-state index contributed by atoms with van der Waals surface area (Å²) in [5, 5.41) is 5.89. The van der Waals surface area contributed by atoms with Gasteiger partial charge in [-0.1, -0.05) is 0 Å². The Labute approximate surface area is 118 Å². The van der Waals surface area contributed by atoms with Gasteiger partial charge in [-0.05, 0) is 40.3 Å². The van der Waals surface area contributed by atoms with Crippen LogP contribution >= 0.6 is 11.3 Å². The largest absolute Gasteiger partial charge is 0.307 e. The van der Waals surface area contributed by atoms with Crippen LogP contribution in [0, 0.1) is 13.8 Å². The Morgan fingerprint density at radius 2 is 2.32 bits per heavy atom. The Balaban J connectivity index is 1.74. The summed E-state index contributed by atoms with van der Waals surface area (Å²) in [6.07, 6.45) is 2.58. The van der Waals surface area contributed by atoms with Crippen molar-refractivity contribution in [3.8, 4) is 0 Å². The lowest BCUT2D eigenvalue weighted by atomic mass is 10.1. The van der Waals surface area contributed by atoms with Crippen LogP contribution in [0.3, 0.4) is 0 Å². The number of thiazole rings is 1. The molecule has 2 aromatic rings. The fourth-order valence-electron chi connectivity index (χ4n) is 2.95. The van der Waals surface area contributed by atoms with Gasteiger partial charge < -0.3 is 10.2 Å². The van der Waals surface area contributed by atoms with Crippen molar-refractivity contribution in [2.45, 2.75) is 39.3 Å². The van der Waals surface area contributed by atoms with Crippen LogP contribution in [0.4, 0.5) is 0 Å². The predicted octanol–water partition coefficient (Wildman–Crippen LogP) is 2.20. The van der Waals surface area contributed by atoms with Gasteiger partial charge in [-0.2, -0.15) is 0 Å². The molecule has 0 aliphatic carbocycles. The van der Waals surface area contributed by atoms with Crippen LogP contribution < -0.4 is 5.32 Å². The van der Waals surface area contributed by atoms with Crippen molar-refractivity contribution in [3.05, 3.63) is 22.5 Å². The summed E-state index contributed by atoms with van der Waals surface area (Å²) in [5.41, 5.74) is 3.77. The summed E-state index contributed by atoms with van der Waals surface area (Å²) >= 11 is 1.73. The first kappa shape index (κ1) is 13.1. The molecule has 5 heteroatoms. The standard InChI is InChI=1S/C14H22N4S/c1-10-9-19-14-16-11(2)13(18(10)14)7-15-12-5-4-6-17(3)8-12/h9,12,15H,4-8H2,1-3H3. The van der Waals surface area contributed by atoms with Gasteiger partial charge >= 0.3 is 0 Å². The van der Waals surface area contributed by atoms with Gasteiger partial charge in [0.05, 0.1) is 11.4 Å². The molecule has 4 nitrogen and oxygen atoms in total. The molecule has 1 atom stereocenters. The zero-order chi connectivity index (χ0) is 13.4. The van der Waals surface area contributed by atoms with Gasteiger partial charge in [0, 0.05) is 30.2 Å². The molecule has 1 aliphatic rings. The summed E-state index contributed by atoms with van der Waals surface area (Å²) in [6.45, 7) is 7.58. The van der Waals surface area contributed by atoms with Gasteiger partial charge in [0.2, 0.25) is 0 Å². The highest BCUT2D eigenvalue weighted by Gasteiger charge is 2.18. The molecule has 0 amide bonds. The summed E-state index contributed by atoms with van der Waals surface area (Å²) in [4.78, 5) is 8.17. The van der Waals surface area contributed by atoms with E-state index in [1.165, 1.54) is 30.8 Å². The number of nitrogens with one attached hydrogen (secondary N) is 1. The van der Waals surface area contributed by atoms with E-state index < -0.39 is 0 Å². The van der Waals surface area contributed by atoms with Gasteiger partial charge in [-0.15, -0.1) is 11.3 Å². The Morgan fingerprint density at radius 3 is 3.11 bits per heavy atom. The van der Waals surface area contributed by atoms with Gasteiger partial charge in [0.1, 0.15) is 0 Å². The third-order valence-electron chi connectivity index (χ3n) is 4.01. The molecule has 1 saturated heterocycles. The van der Waals surface area contributed by atoms with Crippen molar-refractivity contribution in [2.75, 3.05) is 20.1 Å². The average Bonchev–Trinajstić information content (AvgIpc) is 2.87. The first-order valence-electron chi connectivity index (χ1n) is 6.99. The molecule has 1 aliphatic heterocycles. The summed E-state index contributed by atoms with van der Waals surface area (Å²) in [7, 11) is 2.21. The van der Waals surface area contributed by atoms with E-state index in [4.69, 9.17) is 0 Å². The normalized spacial score (nSPS) is 21.3. The number of likely N-dealkylation sites (N-methyl/N-ethyl adjacent to an activating group) is 1. The lowest BCUT2D eigenvalue weighted by Gasteiger charge is -2.30. The maximum atomic E-state index is 4.64. The van der Waals surface area contributed by atoms with Gasteiger partial charge in [-0.25, -0.2) is 4.98 Å². The van der Waals surface area contributed by atoms with Crippen molar-refractivity contribution < 1.29 is 0 Å². The first-order valence-corrected chi connectivity index (χ1v) is 7.87. The van der Waals surface area contributed by atoms with E-state index in [2.05, 4.69) is 45.9 Å². The summed E-state index contributed by atoms with van der Waals surface area (Å²) in [5.74, 6) is 0. The SMILES string of the molecule is Cc1nc2scc(C)n2c1CNC1CCCN(C)C1. The molecule has 0 aromatic carbocycles. The Hall–Kier alpha value is -0.910. The maximum Gasteiger partial charge on any atom is 0.194 e. The Kier molecular flexibility index (Phi) is 3.60. The van der Waals surface area contributed by atoms with E-state index >= 15 is 0 Å². The van der Waals surface area contributed by atoms with Crippen LogP contribution in [0.2, 0.25) is 0 Å². The second kappa shape index (κ2) is 5.23. The van der Waals surface area contributed by atoms with E-state index in [9.17, 15) is 0 Å². The molecule has 1 N–H and O–H groups in total. The highest BCUT2D eigenvalue weighted by Crippen LogP contribution is 2.20. The van der Waals surface area contributed by atoms with Crippen molar-refractivity contribution in [3.63, 3.8) is 0 Å². The fraction of sp³-hybridized carbons (Fsp3) is 0.643. The zero-order valence-electron chi connectivity index (χ0n) is 11.9. The number of hydrogen-bond donors (Lipinski definition) is 1. The van der Waals surface area contributed by atoms with E-state index in [0.29, 0.717) is 6.04 Å². The van der Waals surface area contributed by atoms with Crippen molar-refractivity contribution >= 4 is 16.3 Å². The number of nitrogens with zero attached hydrogens (tertiary/aromatic N) is 3. The highest BCUT2D eigenvalue weighted by molar-refractivity contribution is 7.15. The zero-order valence-corrected chi connectivity index (χ0v) is 12.8. The topological polar surface area (TPSA) is 32.6 Å². The molecule has 0 spiro atoms. The molecule has 104 valence electrons. The van der Waals surface area contributed by atoms with Crippen LogP contribution in [0.1, 0.15) is 29.9 Å². The summed E-state index contributed by atoms with van der Waals surface area (Å²) < 4.78 is 2.29. The molecule has 0 saturated carbocycles. The smallest absolute Gasteiger partial charge is 0.194 e. The second-order valence-corrected chi connectivity index (χ2v) is 6.46. The van der Waals surface area contributed by atoms with Gasteiger partial charge in [0.25, 0.3) is 0 Å². The molecular weight excluding hydrogens is 256 g/mol. The quantitative estimate of drug-likeness (QED) is 0.934. The number of aromatic nitrogens is 2. The van der Waals surface area contributed by atoms with Crippen LogP contribution in [0.15, 0.2) is 5.38 Å². The maximum absolute atomic E-state index is 4.64. The number of piperidine rings is 1. The van der Waals surface area contributed by atoms with Crippen molar-refractivity contribution in [1.29, 1.82) is 0 Å². The Morgan fingerprint density at radius 1 is 1.47 bits per heavy atom. The van der Waals surface area contributed by atoms with Crippen molar-refractivity contribution in [1.82, 2.24) is 19.6 Å². The molecule has 0 radical (unpaired) electrons. The lowest BCUT2D eigenvalue weighted by Crippen LogP contribution is -2.43. The minimum atomic E-state index is 0.614. The van der Waals surface area contributed by atoms with Gasteiger partial charge in [-0.3, -0.25) is 4.40 Å². The molecule has 1 unspecified atom stereocenters. The number of imidazole rings is 1. The monoisotopic (exact) mass is 278 g/mol. The van der Waals surface area contributed by atoms with Gasteiger partial charge in [0.15, 0.2) is 4.96 Å². The number of aryl methyl sites for hydroxylation is 2. The van der Waals surface area contributed by atoms with Crippen LogP contribution in [0.5, 0.6) is 0 Å². The molecule has 3 rings (SSSR count). The third-order valence-corrected chi connectivity index (χ3v) is 4.96. The number of hydrogen-bond acceptors (Lipinski definition) is 4. The van der Waals surface area contributed by atoms with E-state index in [1.54, 1.807) is 11.3 Å². The molecule has 2 aromatic heterocycles. The number of likely N-dealkylation sites (tertiary alicyclic amines) is 1. The van der Waals surface area contributed by atoms with Crippen LogP contribution in [-0.4, -0.2) is 40.5 Å². The van der Waals surface area contributed by atoms with Crippen molar-refractivity contribution in [2.24, 2.45) is 0 Å². The molecule has 0 bridgehead atoms. The van der Waals surface area contributed by atoms with Crippen LogP contribution in [0.25, 0.3) is 4.96 Å². The third kappa shape index (κ3) is 2.55. The lowest BCUT2D eigenvalue weighted by molar-refractivity contribution is 0.226. The number of rotatable bonds is 3. The van der Waals surface area contributed by atoms with E-state index in [-0.39, 0.29) is 0 Å². The average molecular weight is 278 g/mol. The summed E-state index contributed by atoms with van der Waals surface area (Å²) in [6, 6.07) is 0.614. The molecule has 3 heterocycles. The van der Waals surface area contributed by atoms with E-state index in [0.717, 1.165) is 23.7 Å². The van der Waals surface area contributed by atoms with E-state index in [1.807, 2.05) is 0 Å². The predicted molar refractivity (Wildman–Crippen MR) is 79.9 cm³/mol. The molecular formula is C14H22N4S. The second-order valence-electron chi connectivity index (χ2n) is 5.62. The number of fused-ring (bicyclic) bond motifs is 1. The molecule has 1 fully saturated rings. The first-order chi connectivity index (χ1) is 9.15. The molecule has 19 heavy (non-hydrogen) atoms. The minimum absolute atomic E-state index is 0.614.